The molecule has 1 atom stereocenters. The highest BCUT2D eigenvalue weighted by Crippen LogP contribution is 2.20. The fraction of sp³-hybridized carbons (Fsp3) is 0.611. The molecule has 138 valence electrons. The van der Waals surface area contributed by atoms with E-state index >= 15 is 0 Å². The lowest BCUT2D eigenvalue weighted by molar-refractivity contribution is -0.917. The number of carbonyl (C=O) groups is 1. The topological polar surface area (TPSA) is 62.1 Å². The zero-order valence-corrected chi connectivity index (χ0v) is 15.7. The van der Waals surface area contributed by atoms with Crippen LogP contribution in [0.1, 0.15) is 18.4 Å². The number of rotatable bonds is 4. The highest BCUT2D eigenvalue weighted by molar-refractivity contribution is 7.88. The molecule has 1 aromatic rings. The molecule has 0 unspecified atom stereocenters. The summed E-state index contributed by atoms with van der Waals surface area (Å²) < 4.78 is 24.9. The predicted molar refractivity (Wildman–Crippen MR) is 96.6 cm³/mol. The van der Waals surface area contributed by atoms with E-state index in [1.54, 1.807) is 0 Å². The Morgan fingerprint density at radius 3 is 2.48 bits per heavy atom. The van der Waals surface area contributed by atoms with Gasteiger partial charge in [0.1, 0.15) is 6.54 Å². The Hall–Kier alpha value is -1.44. The van der Waals surface area contributed by atoms with Crippen molar-refractivity contribution in [2.75, 3.05) is 45.5 Å². The molecule has 2 fully saturated rings. The van der Waals surface area contributed by atoms with Gasteiger partial charge in [0.25, 0.3) is 0 Å². The van der Waals surface area contributed by atoms with E-state index in [1.165, 1.54) is 21.0 Å². The maximum absolute atomic E-state index is 12.8. The normalized spacial score (nSPS) is 23.6. The van der Waals surface area contributed by atoms with Crippen LogP contribution in [-0.2, 0) is 21.4 Å². The van der Waals surface area contributed by atoms with Gasteiger partial charge in [0.2, 0.25) is 15.9 Å². The quantitative estimate of drug-likeness (QED) is 0.788. The maximum Gasteiger partial charge on any atom is 0.227 e. The number of piperazine rings is 1. The van der Waals surface area contributed by atoms with Gasteiger partial charge in [0.05, 0.1) is 38.4 Å². The van der Waals surface area contributed by atoms with Crippen molar-refractivity contribution in [1.29, 1.82) is 0 Å². The Balaban J connectivity index is 1.51. The fourth-order valence-corrected chi connectivity index (χ4v) is 4.72. The van der Waals surface area contributed by atoms with E-state index in [9.17, 15) is 13.2 Å². The van der Waals surface area contributed by atoms with Crippen LogP contribution in [-0.4, -0.2) is 69.1 Å². The van der Waals surface area contributed by atoms with Gasteiger partial charge in [-0.2, -0.15) is 0 Å². The van der Waals surface area contributed by atoms with Crippen molar-refractivity contribution in [3.05, 3.63) is 35.9 Å². The first-order chi connectivity index (χ1) is 11.9. The van der Waals surface area contributed by atoms with Gasteiger partial charge < -0.3 is 9.80 Å². The van der Waals surface area contributed by atoms with Crippen molar-refractivity contribution in [3.63, 3.8) is 0 Å². The van der Waals surface area contributed by atoms with Crippen LogP contribution in [0.5, 0.6) is 0 Å². The number of benzene rings is 1. The van der Waals surface area contributed by atoms with Gasteiger partial charge >= 0.3 is 0 Å². The first-order valence-electron chi connectivity index (χ1n) is 9.05. The maximum atomic E-state index is 12.8. The van der Waals surface area contributed by atoms with E-state index in [0.29, 0.717) is 13.1 Å². The number of amides is 1. The zero-order chi connectivity index (χ0) is 17.9. The minimum Gasteiger partial charge on any atom is -0.331 e. The SMILES string of the molecule is CS(=O)(=O)N1CCC[C@H](C(=O)N2CC[NH+](Cc3ccccc3)CC2)C1. The molecular weight excluding hydrogens is 338 g/mol. The summed E-state index contributed by atoms with van der Waals surface area (Å²) in [6, 6.07) is 10.4. The number of carbonyl (C=O) groups excluding carboxylic acids is 1. The van der Waals surface area contributed by atoms with Gasteiger partial charge in [-0.05, 0) is 12.8 Å². The summed E-state index contributed by atoms with van der Waals surface area (Å²) >= 11 is 0. The van der Waals surface area contributed by atoms with E-state index in [1.807, 2.05) is 11.0 Å². The smallest absolute Gasteiger partial charge is 0.227 e. The molecule has 2 aliphatic heterocycles. The number of sulfonamides is 1. The van der Waals surface area contributed by atoms with Crippen molar-refractivity contribution in [1.82, 2.24) is 9.21 Å². The number of hydrogen-bond donors (Lipinski definition) is 1. The molecule has 3 rings (SSSR count). The third-order valence-corrected chi connectivity index (χ3v) is 6.55. The first kappa shape index (κ1) is 18.4. The lowest BCUT2D eigenvalue weighted by Gasteiger charge is -2.37. The Morgan fingerprint density at radius 2 is 1.84 bits per heavy atom. The van der Waals surface area contributed by atoms with E-state index in [0.717, 1.165) is 45.6 Å². The highest BCUT2D eigenvalue weighted by Gasteiger charge is 2.34. The van der Waals surface area contributed by atoms with Crippen molar-refractivity contribution in [2.45, 2.75) is 19.4 Å². The number of nitrogens with zero attached hydrogens (tertiary/aromatic N) is 2. The molecular formula is C18H28N3O3S+. The van der Waals surface area contributed by atoms with Crippen LogP contribution < -0.4 is 4.90 Å². The molecule has 2 heterocycles. The number of quaternary nitrogens is 1. The molecule has 0 aliphatic carbocycles. The molecule has 1 N–H and O–H groups in total. The monoisotopic (exact) mass is 366 g/mol. The third kappa shape index (κ3) is 4.80. The number of nitrogens with one attached hydrogen (secondary N) is 1. The van der Waals surface area contributed by atoms with Gasteiger partial charge in [-0.25, -0.2) is 12.7 Å². The summed E-state index contributed by atoms with van der Waals surface area (Å²) in [5.41, 5.74) is 1.33. The molecule has 0 bridgehead atoms. The van der Waals surface area contributed by atoms with Crippen LogP contribution in [0.2, 0.25) is 0 Å². The Kier molecular flexibility index (Phi) is 5.76. The molecule has 2 aliphatic rings. The second-order valence-corrected chi connectivity index (χ2v) is 9.18. The summed E-state index contributed by atoms with van der Waals surface area (Å²) in [5.74, 6) is -0.0498. The van der Waals surface area contributed by atoms with Crippen LogP contribution in [0.3, 0.4) is 0 Å². The number of piperidine rings is 1. The Morgan fingerprint density at radius 1 is 1.16 bits per heavy atom. The molecule has 1 amide bonds. The Labute approximate surface area is 150 Å². The molecule has 0 aromatic heterocycles. The zero-order valence-electron chi connectivity index (χ0n) is 14.9. The fourth-order valence-electron chi connectivity index (χ4n) is 3.81. The molecule has 25 heavy (non-hydrogen) atoms. The molecule has 1 aromatic carbocycles. The standard InChI is InChI=1S/C18H27N3O3S/c1-25(23,24)21-9-5-8-17(15-21)18(22)20-12-10-19(11-13-20)14-16-6-3-2-4-7-16/h2-4,6-7,17H,5,8-15H2,1H3/p+1/t17-/m0/s1. The second-order valence-electron chi connectivity index (χ2n) is 7.20. The van der Waals surface area contributed by atoms with Gasteiger partial charge in [-0.15, -0.1) is 0 Å². The summed E-state index contributed by atoms with van der Waals surface area (Å²) in [4.78, 5) is 16.2. The highest BCUT2D eigenvalue weighted by atomic mass is 32.2. The minimum atomic E-state index is -3.21. The molecule has 2 saturated heterocycles. The largest absolute Gasteiger partial charge is 0.331 e. The average molecular weight is 367 g/mol. The molecule has 6 nitrogen and oxygen atoms in total. The van der Waals surface area contributed by atoms with Crippen LogP contribution in [0.15, 0.2) is 30.3 Å². The second kappa shape index (κ2) is 7.85. The average Bonchev–Trinajstić information content (AvgIpc) is 2.62. The van der Waals surface area contributed by atoms with Crippen LogP contribution >= 0.6 is 0 Å². The van der Waals surface area contributed by atoms with E-state index in [-0.39, 0.29) is 11.8 Å². The van der Waals surface area contributed by atoms with E-state index < -0.39 is 10.0 Å². The predicted octanol–water partition coefficient (Wildman–Crippen LogP) is -0.415. The molecule has 0 radical (unpaired) electrons. The molecule has 0 saturated carbocycles. The Bertz CT molecular complexity index is 685. The van der Waals surface area contributed by atoms with Crippen molar-refractivity contribution >= 4 is 15.9 Å². The van der Waals surface area contributed by atoms with Crippen molar-refractivity contribution in [2.24, 2.45) is 5.92 Å². The van der Waals surface area contributed by atoms with Crippen LogP contribution in [0, 0.1) is 5.92 Å². The summed E-state index contributed by atoms with van der Waals surface area (Å²) in [7, 11) is -3.21. The van der Waals surface area contributed by atoms with E-state index in [4.69, 9.17) is 0 Å². The van der Waals surface area contributed by atoms with Crippen LogP contribution in [0.25, 0.3) is 0 Å². The lowest BCUT2D eigenvalue weighted by Crippen LogP contribution is -3.13. The third-order valence-electron chi connectivity index (χ3n) is 5.28. The van der Waals surface area contributed by atoms with Gasteiger partial charge in [-0.3, -0.25) is 4.79 Å². The number of hydrogen-bond acceptors (Lipinski definition) is 3. The minimum absolute atomic E-state index is 0.132. The first-order valence-corrected chi connectivity index (χ1v) is 10.9. The van der Waals surface area contributed by atoms with Gasteiger partial charge in [0, 0.05) is 18.7 Å². The van der Waals surface area contributed by atoms with Crippen molar-refractivity contribution in [3.8, 4) is 0 Å². The van der Waals surface area contributed by atoms with Crippen LogP contribution in [0.4, 0.5) is 0 Å². The summed E-state index contributed by atoms with van der Waals surface area (Å²) in [6.07, 6.45) is 2.79. The van der Waals surface area contributed by atoms with Crippen molar-refractivity contribution < 1.29 is 18.1 Å². The summed E-state index contributed by atoms with van der Waals surface area (Å²) in [5, 5.41) is 0. The molecule has 0 spiro atoms. The molecule has 7 heteroatoms. The lowest BCUT2D eigenvalue weighted by atomic mass is 9.97. The van der Waals surface area contributed by atoms with Gasteiger partial charge in [0.15, 0.2) is 0 Å². The van der Waals surface area contributed by atoms with E-state index in [2.05, 4.69) is 24.3 Å². The van der Waals surface area contributed by atoms with Gasteiger partial charge in [-0.1, -0.05) is 30.3 Å². The summed E-state index contributed by atoms with van der Waals surface area (Å²) in [6.45, 7) is 5.29.